The topological polar surface area (TPSA) is 69.0 Å². The van der Waals surface area contributed by atoms with Gasteiger partial charge in [0.25, 0.3) is 0 Å². The average molecular weight is 173 g/mol. The maximum absolute atomic E-state index is 11.1. The second-order valence-corrected chi connectivity index (χ2v) is 2.40. The molecule has 0 amide bonds. The van der Waals surface area contributed by atoms with Crippen molar-refractivity contribution in [2.24, 2.45) is 7.05 Å². The first-order valence-electron chi connectivity index (χ1n) is 3.51. The summed E-state index contributed by atoms with van der Waals surface area (Å²) in [5, 5.41) is 2.34. The normalized spacial score (nSPS) is 10.5. The van der Waals surface area contributed by atoms with Crippen molar-refractivity contribution in [2.45, 2.75) is 6.54 Å². The molecule has 0 bridgehead atoms. The van der Waals surface area contributed by atoms with E-state index in [0.29, 0.717) is 6.61 Å². The van der Waals surface area contributed by atoms with Gasteiger partial charge in [0, 0.05) is 14.2 Å². The number of aryl methyl sites for hydroxylation is 1. The molecule has 0 saturated heterocycles. The molecule has 12 heavy (non-hydrogen) atoms. The molecule has 0 aliphatic carbocycles. The van der Waals surface area contributed by atoms with Crippen LogP contribution in [-0.4, -0.2) is 28.1 Å². The van der Waals surface area contributed by atoms with E-state index in [0.717, 1.165) is 9.25 Å². The molecule has 0 unspecified atom stereocenters. The highest BCUT2D eigenvalue weighted by Gasteiger charge is 2.03. The van der Waals surface area contributed by atoms with Gasteiger partial charge in [-0.3, -0.25) is 0 Å². The van der Waals surface area contributed by atoms with Crippen LogP contribution in [0.5, 0.6) is 0 Å². The summed E-state index contributed by atoms with van der Waals surface area (Å²) >= 11 is 0. The Hall–Kier alpha value is -1.30. The largest absolute Gasteiger partial charge is 0.383 e. The Bertz CT molecular complexity index is 359. The van der Waals surface area contributed by atoms with Gasteiger partial charge in [0.05, 0.1) is 13.2 Å². The number of nitrogens with zero attached hydrogens (tertiary/aromatic N) is 2. The van der Waals surface area contributed by atoms with Crippen molar-refractivity contribution < 1.29 is 4.74 Å². The van der Waals surface area contributed by atoms with E-state index in [1.54, 1.807) is 0 Å². The number of methoxy groups -OCH3 is 1. The number of hydrogen-bond donors (Lipinski definition) is 1. The summed E-state index contributed by atoms with van der Waals surface area (Å²) < 4.78 is 6.97. The molecule has 0 aliphatic heterocycles. The van der Waals surface area contributed by atoms with Crippen molar-refractivity contribution in [1.29, 1.82) is 0 Å². The molecule has 1 aromatic rings. The zero-order valence-corrected chi connectivity index (χ0v) is 7.03. The van der Waals surface area contributed by atoms with E-state index < -0.39 is 5.69 Å². The molecule has 6 nitrogen and oxygen atoms in total. The van der Waals surface area contributed by atoms with Crippen LogP contribution in [0.15, 0.2) is 9.59 Å². The van der Waals surface area contributed by atoms with Crippen molar-refractivity contribution in [3.8, 4) is 0 Å². The maximum atomic E-state index is 11.1. The van der Waals surface area contributed by atoms with E-state index >= 15 is 0 Å². The first-order valence-corrected chi connectivity index (χ1v) is 3.51. The summed E-state index contributed by atoms with van der Waals surface area (Å²) in [6, 6.07) is 0. The molecule has 1 rings (SSSR count). The van der Waals surface area contributed by atoms with E-state index in [4.69, 9.17) is 4.74 Å². The van der Waals surface area contributed by atoms with E-state index in [1.807, 2.05) is 0 Å². The average Bonchev–Trinajstić information content (AvgIpc) is 2.25. The Morgan fingerprint density at radius 2 is 2.17 bits per heavy atom. The van der Waals surface area contributed by atoms with Crippen LogP contribution in [0.3, 0.4) is 0 Å². The molecule has 1 N–H and O–H groups in total. The standard InChI is InChI=1S/C6H11N3O3/c1-8-6(11)9(3-4-12-2)5(10)7-8/h3-4H2,1-2H3,(H,7,10). The molecule has 6 heteroatoms. The number of H-pyrrole nitrogens is 1. The molecule has 0 radical (unpaired) electrons. The van der Waals surface area contributed by atoms with Gasteiger partial charge in [0.1, 0.15) is 0 Å². The van der Waals surface area contributed by atoms with Gasteiger partial charge >= 0.3 is 11.4 Å². The Morgan fingerprint density at radius 3 is 2.58 bits per heavy atom. The Morgan fingerprint density at radius 1 is 1.50 bits per heavy atom. The van der Waals surface area contributed by atoms with Crippen molar-refractivity contribution in [3.05, 3.63) is 21.0 Å². The van der Waals surface area contributed by atoms with Crippen LogP contribution in [0.25, 0.3) is 0 Å². The summed E-state index contributed by atoms with van der Waals surface area (Å²) in [6.45, 7) is 0.637. The van der Waals surface area contributed by atoms with Gasteiger partial charge in [-0.15, -0.1) is 0 Å². The van der Waals surface area contributed by atoms with Crippen LogP contribution in [0, 0.1) is 0 Å². The van der Waals surface area contributed by atoms with Crippen molar-refractivity contribution >= 4 is 0 Å². The van der Waals surface area contributed by atoms with Crippen LogP contribution in [-0.2, 0) is 18.3 Å². The molecule has 0 aromatic carbocycles. The Kier molecular flexibility index (Phi) is 2.49. The van der Waals surface area contributed by atoms with Gasteiger partial charge in [-0.25, -0.2) is 23.9 Å². The maximum Gasteiger partial charge on any atom is 0.346 e. The fraction of sp³-hybridized carbons (Fsp3) is 0.667. The third-order valence-corrected chi connectivity index (χ3v) is 1.55. The highest BCUT2D eigenvalue weighted by Crippen LogP contribution is 1.72. The van der Waals surface area contributed by atoms with Crippen molar-refractivity contribution in [1.82, 2.24) is 14.3 Å². The molecular formula is C6H11N3O3. The lowest BCUT2D eigenvalue weighted by Gasteiger charge is -1.95. The fourth-order valence-corrected chi connectivity index (χ4v) is 0.899. The molecule has 0 saturated carbocycles. The third-order valence-electron chi connectivity index (χ3n) is 1.55. The van der Waals surface area contributed by atoms with E-state index in [-0.39, 0.29) is 12.2 Å². The predicted molar refractivity (Wildman–Crippen MR) is 42.2 cm³/mol. The highest BCUT2D eigenvalue weighted by molar-refractivity contribution is 4.67. The number of nitrogens with one attached hydrogen (secondary N) is 1. The Labute approximate surface area is 68.4 Å². The molecular weight excluding hydrogens is 162 g/mol. The molecule has 1 heterocycles. The van der Waals surface area contributed by atoms with Crippen LogP contribution in [0.4, 0.5) is 0 Å². The van der Waals surface area contributed by atoms with Gasteiger partial charge in [-0.1, -0.05) is 0 Å². The molecule has 0 aliphatic rings. The van der Waals surface area contributed by atoms with Gasteiger partial charge in [0.2, 0.25) is 0 Å². The number of aromatic amines is 1. The van der Waals surface area contributed by atoms with Crippen LogP contribution in [0.2, 0.25) is 0 Å². The monoisotopic (exact) mass is 173 g/mol. The first-order chi connectivity index (χ1) is 5.66. The van der Waals surface area contributed by atoms with Crippen molar-refractivity contribution in [2.75, 3.05) is 13.7 Å². The minimum atomic E-state index is -0.403. The van der Waals surface area contributed by atoms with Gasteiger partial charge in [0.15, 0.2) is 0 Å². The smallest absolute Gasteiger partial charge is 0.346 e. The number of rotatable bonds is 3. The second-order valence-electron chi connectivity index (χ2n) is 2.40. The van der Waals surface area contributed by atoms with Crippen LogP contribution >= 0.6 is 0 Å². The van der Waals surface area contributed by atoms with E-state index in [1.165, 1.54) is 14.2 Å². The molecule has 1 aromatic heterocycles. The summed E-state index contributed by atoms with van der Waals surface area (Å²) in [5.74, 6) is 0. The number of hydrogen-bond acceptors (Lipinski definition) is 3. The van der Waals surface area contributed by atoms with E-state index in [9.17, 15) is 9.59 Å². The second kappa shape index (κ2) is 3.40. The molecule has 0 spiro atoms. The third kappa shape index (κ3) is 1.48. The summed E-state index contributed by atoms with van der Waals surface area (Å²) in [6.07, 6.45) is 0. The summed E-state index contributed by atoms with van der Waals surface area (Å²) in [5.41, 5.74) is -0.753. The quantitative estimate of drug-likeness (QED) is 0.606. The number of aromatic nitrogens is 3. The highest BCUT2D eigenvalue weighted by atomic mass is 16.5. The van der Waals surface area contributed by atoms with Gasteiger partial charge in [-0.2, -0.15) is 0 Å². The lowest BCUT2D eigenvalue weighted by atomic mass is 10.7. The van der Waals surface area contributed by atoms with Crippen LogP contribution in [0.1, 0.15) is 0 Å². The van der Waals surface area contributed by atoms with Crippen LogP contribution < -0.4 is 11.4 Å². The minimum Gasteiger partial charge on any atom is -0.383 e. The minimum absolute atomic E-state index is 0.283. The SMILES string of the molecule is COCCn1c(=O)[nH]n(C)c1=O. The molecule has 68 valence electrons. The lowest BCUT2D eigenvalue weighted by molar-refractivity contribution is 0.185. The first kappa shape index (κ1) is 8.79. The molecule has 0 fully saturated rings. The van der Waals surface area contributed by atoms with Gasteiger partial charge in [-0.05, 0) is 0 Å². The number of ether oxygens (including phenoxy) is 1. The zero-order valence-electron chi connectivity index (χ0n) is 7.03. The fourth-order valence-electron chi connectivity index (χ4n) is 0.899. The summed E-state index contributed by atoms with van der Waals surface area (Å²) in [7, 11) is 3.01. The van der Waals surface area contributed by atoms with E-state index in [2.05, 4.69) is 5.10 Å². The lowest BCUT2D eigenvalue weighted by Crippen LogP contribution is -2.29. The molecule has 0 atom stereocenters. The zero-order chi connectivity index (χ0) is 9.14. The summed E-state index contributed by atoms with van der Waals surface area (Å²) in [4.78, 5) is 22.1. The van der Waals surface area contributed by atoms with Gasteiger partial charge < -0.3 is 4.74 Å². The van der Waals surface area contributed by atoms with Crippen molar-refractivity contribution in [3.63, 3.8) is 0 Å². The Balaban J connectivity index is 2.98. The predicted octanol–water partition coefficient (Wildman–Crippen LogP) is -1.48.